The molecule has 0 unspecified atom stereocenters. The smallest absolute Gasteiger partial charge is 0.241 e. The van der Waals surface area contributed by atoms with Crippen molar-refractivity contribution in [3.05, 3.63) is 60.2 Å². The molecule has 1 aliphatic rings. The zero-order chi connectivity index (χ0) is 17.0. The van der Waals surface area contributed by atoms with E-state index >= 15 is 0 Å². The van der Waals surface area contributed by atoms with Gasteiger partial charge in [0.05, 0.1) is 4.90 Å². The molecule has 1 atom stereocenters. The number of anilines is 1. The molecule has 128 valence electrons. The Morgan fingerprint density at radius 2 is 1.54 bits per heavy atom. The number of hydrogen-bond acceptors (Lipinski definition) is 3. The summed E-state index contributed by atoms with van der Waals surface area (Å²) in [6.07, 6.45) is 3.80. The van der Waals surface area contributed by atoms with Gasteiger partial charge in [0.15, 0.2) is 0 Å². The Hall–Kier alpha value is -1.85. The van der Waals surface area contributed by atoms with Crippen molar-refractivity contribution in [2.45, 2.75) is 37.1 Å². The second-order valence-electron chi connectivity index (χ2n) is 6.30. The third-order valence-corrected chi connectivity index (χ3v) is 6.06. The van der Waals surface area contributed by atoms with Crippen molar-refractivity contribution < 1.29 is 8.42 Å². The molecule has 3 rings (SSSR count). The van der Waals surface area contributed by atoms with Crippen LogP contribution in [0.15, 0.2) is 59.5 Å². The Morgan fingerprint density at radius 3 is 2.17 bits per heavy atom. The number of hydrogen-bond donors (Lipinski definition) is 1. The van der Waals surface area contributed by atoms with Gasteiger partial charge in [-0.05, 0) is 56.0 Å². The van der Waals surface area contributed by atoms with E-state index in [2.05, 4.69) is 21.8 Å². The molecule has 0 amide bonds. The van der Waals surface area contributed by atoms with Crippen LogP contribution >= 0.6 is 0 Å². The van der Waals surface area contributed by atoms with Crippen molar-refractivity contribution >= 4 is 15.7 Å². The van der Waals surface area contributed by atoms with E-state index in [1.54, 1.807) is 24.3 Å². The van der Waals surface area contributed by atoms with E-state index in [1.807, 2.05) is 25.1 Å². The quantitative estimate of drug-likeness (QED) is 0.899. The Morgan fingerprint density at radius 1 is 0.917 bits per heavy atom. The van der Waals surface area contributed by atoms with E-state index in [0.29, 0.717) is 4.90 Å². The van der Waals surface area contributed by atoms with E-state index in [4.69, 9.17) is 0 Å². The first-order valence-electron chi connectivity index (χ1n) is 8.48. The minimum Gasteiger partial charge on any atom is -0.372 e. The molecule has 0 bridgehead atoms. The summed E-state index contributed by atoms with van der Waals surface area (Å²) in [5.41, 5.74) is 2.19. The highest BCUT2D eigenvalue weighted by molar-refractivity contribution is 7.89. The third kappa shape index (κ3) is 3.97. The number of rotatable bonds is 5. The summed E-state index contributed by atoms with van der Waals surface area (Å²) < 4.78 is 27.6. The third-order valence-electron chi connectivity index (χ3n) is 4.50. The maximum absolute atomic E-state index is 12.4. The van der Waals surface area contributed by atoms with Crippen molar-refractivity contribution in [1.29, 1.82) is 0 Å². The van der Waals surface area contributed by atoms with Gasteiger partial charge in [-0.3, -0.25) is 0 Å². The van der Waals surface area contributed by atoms with E-state index < -0.39 is 10.0 Å². The molecular weight excluding hydrogens is 320 g/mol. The van der Waals surface area contributed by atoms with Gasteiger partial charge in [-0.25, -0.2) is 13.1 Å². The Balaban J connectivity index is 1.70. The van der Waals surface area contributed by atoms with Gasteiger partial charge in [0.2, 0.25) is 10.0 Å². The number of sulfonamides is 1. The topological polar surface area (TPSA) is 49.4 Å². The van der Waals surface area contributed by atoms with Crippen LogP contribution in [0, 0.1) is 0 Å². The van der Waals surface area contributed by atoms with Crippen LogP contribution in [0.4, 0.5) is 5.69 Å². The van der Waals surface area contributed by atoms with Gasteiger partial charge < -0.3 is 4.90 Å². The van der Waals surface area contributed by atoms with Gasteiger partial charge >= 0.3 is 0 Å². The molecule has 0 radical (unpaired) electrons. The number of piperidine rings is 1. The maximum Gasteiger partial charge on any atom is 0.241 e. The van der Waals surface area contributed by atoms with Crippen LogP contribution in [0.1, 0.15) is 37.8 Å². The Labute approximate surface area is 144 Å². The van der Waals surface area contributed by atoms with Gasteiger partial charge in [-0.1, -0.05) is 30.3 Å². The fourth-order valence-corrected chi connectivity index (χ4v) is 4.35. The molecule has 0 saturated carbocycles. The molecule has 1 N–H and O–H groups in total. The molecular formula is C19H24N2O2S. The highest BCUT2D eigenvalue weighted by Crippen LogP contribution is 2.23. The number of benzene rings is 2. The Bertz CT molecular complexity index is 752. The highest BCUT2D eigenvalue weighted by Gasteiger charge is 2.18. The lowest BCUT2D eigenvalue weighted by molar-refractivity contribution is 0.566. The summed E-state index contributed by atoms with van der Waals surface area (Å²) >= 11 is 0. The molecule has 1 aliphatic heterocycles. The second kappa shape index (κ2) is 7.36. The zero-order valence-corrected chi connectivity index (χ0v) is 14.8. The molecule has 5 heteroatoms. The SMILES string of the molecule is C[C@H](NS(=O)(=O)c1ccccc1)c1ccc(N2CCCCC2)cc1. The standard InChI is InChI=1S/C19H24N2O2S/c1-16(20-24(22,23)19-8-4-2-5-9-19)17-10-12-18(13-11-17)21-14-6-3-7-15-21/h2,4-5,8-13,16,20H,3,6-7,14-15H2,1H3/t16-/m0/s1. The second-order valence-corrected chi connectivity index (χ2v) is 8.01. The van der Waals surface area contributed by atoms with E-state index in [1.165, 1.54) is 24.9 Å². The van der Waals surface area contributed by atoms with E-state index in [0.717, 1.165) is 18.7 Å². The lowest BCUT2D eigenvalue weighted by Gasteiger charge is -2.29. The molecule has 0 aromatic heterocycles. The van der Waals surface area contributed by atoms with Crippen LogP contribution in [-0.2, 0) is 10.0 Å². The van der Waals surface area contributed by atoms with Crippen molar-refractivity contribution in [3.8, 4) is 0 Å². The normalized spacial score (nSPS) is 16.8. The minimum atomic E-state index is -3.50. The van der Waals surface area contributed by atoms with Crippen LogP contribution in [-0.4, -0.2) is 21.5 Å². The predicted octanol–water partition coefficient (Wildman–Crippen LogP) is 3.72. The first kappa shape index (κ1) is 17.0. The maximum atomic E-state index is 12.4. The van der Waals surface area contributed by atoms with Gasteiger partial charge in [0, 0.05) is 24.8 Å². The summed E-state index contributed by atoms with van der Waals surface area (Å²) in [7, 11) is -3.50. The average Bonchev–Trinajstić information content (AvgIpc) is 2.63. The molecule has 24 heavy (non-hydrogen) atoms. The fourth-order valence-electron chi connectivity index (χ4n) is 3.09. The number of nitrogens with one attached hydrogen (secondary N) is 1. The average molecular weight is 344 g/mol. The zero-order valence-electron chi connectivity index (χ0n) is 14.0. The molecule has 2 aromatic rings. The molecule has 1 saturated heterocycles. The minimum absolute atomic E-state index is 0.273. The van der Waals surface area contributed by atoms with Gasteiger partial charge in [-0.15, -0.1) is 0 Å². The molecule has 4 nitrogen and oxygen atoms in total. The number of nitrogens with zero attached hydrogens (tertiary/aromatic N) is 1. The predicted molar refractivity (Wildman–Crippen MR) is 97.7 cm³/mol. The fraction of sp³-hybridized carbons (Fsp3) is 0.368. The van der Waals surface area contributed by atoms with Crippen LogP contribution in [0.25, 0.3) is 0 Å². The molecule has 1 heterocycles. The molecule has 0 spiro atoms. The van der Waals surface area contributed by atoms with Crippen LogP contribution in [0.2, 0.25) is 0 Å². The van der Waals surface area contributed by atoms with E-state index in [9.17, 15) is 8.42 Å². The van der Waals surface area contributed by atoms with Gasteiger partial charge in [0.1, 0.15) is 0 Å². The van der Waals surface area contributed by atoms with Crippen molar-refractivity contribution in [2.75, 3.05) is 18.0 Å². The first-order valence-corrected chi connectivity index (χ1v) is 9.97. The summed E-state index contributed by atoms with van der Waals surface area (Å²) in [4.78, 5) is 2.69. The van der Waals surface area contributed by atoms with E-state index in [-0.39, 0.29) is 6.04 Å². The van der Waals surface area contributed by atoms with Crippen molar-refractivity contribution in [2.24, 2.45) is 0 Å². The van der Waals surface area contributed by atoms with Crippen LogP contribution in [0.3, 0.4) is 0 Å². The lowest BCUT2D eigenvalue weighted by atomic mass is 10.1. The molecule has 2 aromatic carbocycles. The van der Waals surface area contributed by atoms with Crippen LogP contribution in [0.5, 0.6) is 0 Å². The highest BCUT2D eigenvalue weighted by atomic mass is 32.2. The molecule has 0 aliphatic carbocycles. The summed E-state index contributed by atoms with van der Waals surface area (Å²) in [6.45, 7) is 4.08. The molecule has 1 fully saturated rings. The van der Waals surface area contributed by atoms with Crippen LogP contribution < -0.4 is 9.62 Å². The summed E-state index contributed by atoms with van der Waals surface area (Å²) in [5.74, 6) is 0. The lowest BCUT2D eigenvalue weighted by Crippen LogP contribution is -2.29. The Kier molecular flexibility index (Phi) is 5.21. The largest absolute Gasteiger partial charge is 0.372 e. The summed E-state index contributed by atoms with van der Waals surface area (Å²) in [6, 6.07) is 16.4. The van der Waals surface area contributed by atoms with Gasteiger partial charge in [0.25, 0.3) is 0 Å². The van der Waals surface area contributed by atoms with Crippen molar-refractivity contribution in [3.63, 3.8) is 0 Å². The first-order chi connectivity index (χ1) is 11.6. The monoisotopic (exact) mass is 344 g/mol. The van der Waals surface area contributed by atoms with Crippen molar-refractivity contribution in [1.82, 2.24) is 4.72 Å². The van der Waals surface area contributed by atoms with Gasteiger partial charge in [-0.2, -0.15) is 0 Å². The summed E-state index contributed by atoms with van der Waals surface area (Å²) in [5, 5.41) is 0.